The van der Waals surface area contributed by atoms with Gasteiger partial charge in [-0.1, -0.05) is 18.6 Å². The first-order chi connectivity index (χ1) is 11.7. The number of halogens is 1. The smallest absolute Gasteiger partial charge is 0.191 e. The molecule has 2 rings (SSSR count). The number of guanidine groups is 1. The minimum absolute atomic E-state index is 0.204. The summed E-state index contributed by atoms with van der Waals surface area (Å²) in [7, 11) is 1.76. The number of hydrogen-bond acceptors (Lipinski definition) is 2. The van der Waals surface area contributed by atoms with Crippen molar-refractivity contribution in [3.05, 3.63) is 35.6 Å². The van der Waals surface area contributed by atoms with Crippen LogP contribution in [0, 0.1) is 5.82 Å². The van der Waals surface area contributed by atoms with Crippen LogP contribution in [0.4, 0.5) is 4.39 Å². The minimum atomic E-state index is -0.204. The Hall–Kier alpha value is -1.62. The number of piperidine rings is 1. The maximum atomic E-state index is 13.2. The summed E-state index contributed by atoms with van der Waals surface area (Å²) in [4.78, 5) is 6.83. The molecule has 1 heterocycles. The molecule has 4 nitrogen and oxygen atoms in total. The van der Waals surface area contributed by atoms with Gasteiger partial charge in [0.2, 0.25) is 0 Å². The lowest BCUT2D eigenvalue weighted by Gasteiger charge is -2.33. The van der Waals surface area contributed by atoms with Gasteiger partial charge in [-0.3, -0.25) is 4.99 Å². The number of benzene rings is 1. The highest BCUT2D eigenvalue weighted by molar-refractivity contribution is 5.79. The average Bonchev–Trinajstić information content (AvgIpc) is 2.59. The van der Waals surface area contributed by atoms with Crippen LogP contribution in [0.25, 0.3) is 0 Å². The van der Waals surface area contributed by atoms with Gasteiger partial charge in [0, 0.05) is 26.2 Å². The van der Waals surface area contributed by atoms with E-state index in [4.69, 9.17) is 0 Å². The van der Waals surface area contributed by atoms with Crippen molar-refractivity contribution in [3.63, 3.8) is 0 Å². The summed E-state index contributed by atoms with van der Waals surface area (Å²) in [5.74, 6) is 0.565. The van der Waals surface area contributed by atoms with Crippen molar-refractivity contribution < 1.29 is 4.39 Å². The van der Waals surface area contributed by atoms with Crippen molar-refractivity contribution in [2.75, 3.05) is 26.7 Å². The summed E-state index contributed by atoms with van der Waals surface area (Å²) in [6.07, 6.45) is 6.41. The highest BCUT2D eigenvalue weighted by Crippen LogP contribution is 2.16. The molecule has 1 aliphatic heterocycles. The molecule has 2 N–H and O–H groups in total. The molecule has 0 bridgehead atoms. The van der Waals surface area contributed by atoms with Crippen molar-refractivity contribution in [1.82, 2.24) is 15.5 Å². The standard InChI is InChI=1S/C19H31FN4/c1-16-8-3-5-12-24(16)13-6-4-11-22-19(21-2)23-15-17-9-7-10-18(20)14-17/h7,9-10,14,16H,3-6,8,11-13,15H2,1-2H3,(H2,21,22,23). The largest absolute Gasteiger partial charge is 0.356 e. The first-order valence-electron chi connectivity index (χ1n) is 9.12. The predicted octanol–water partition coefficient (Wildman–Crippen LogP) is 3.15. The highest BCUT2D eigenvalue weighted by atomic mass is 19.1. The van der Waals surface area contributed by atoms with Gasteiger partial charge in [-0.05, 0) is 63.4 Å². The molecule has 0 spiro atoms. The number of likely N-dealkylation sites (tertiary alicyclic amines) is 1. The van der Waals surface area contributed by atoms with Crippen molar-refractivity contribution in [1.29, 1.82) is 0 Å². The Morgan fingerprint density at radius 2 is 2.17 bits per heavy atom. The van der Waals surface area contributed by atoms with Crippen LogP contribution in [0.1, 0.15) is 44.6 Å². The third-order valence-electron chi connectivity index (χ3n) is 4.68. The van der Waals surface area contributed by atoms with Gasteiger partial charge in [-0.15, -0.1) is 0 Å². The molecule has 5 heteroatoms. The van der Waals surface area contributed by atoms with E-state index in [1.54, 1.807) is 19.2 Å². The van der Waals surface area contributed by atoms with E-state index in [2.05, 4.69) is 27.4 Å². The van der Waals surface area contributed by atoms with Gasteiger partial charge in [0.15, 0.2) is 5.96 Å². The second kappa shape index (κ2) is 10.3. The molecule has 134 valence electrons. The molecule has 1 aromatic carbocycles. The Bertz CT molecular complexity index is 518. The number of aliphatic imine (C=N–C) groups is 1. The molecule has 0 aromatic heterocycles. The van der Waals surface area contributed by atoms with Crippen LogP contribution in [0.5, 0.6) is 0 Å². The summed E-state index contributed by atoms with van der Waals surface area (Å²) >= 11 is 0. The molecule has 1 fully saturated rings. The van der Waals surface area contributed by atoms with E-state index >= 15 is 0 Å². The summed E-state index contributed by atoms with van der Waals surface area (Å²) in [6, 6.07) is 7.38. The van der Waals surface area contributed by atoms with Crippen molar-refractivity contribution in [2.24, 2.45) is 4.99 Å². The quantitative estimate of drug-likeness (QED) is 0.457. The van der Waals surface area contributed by atoms with Gasteiger partial charge in [0.25, 0.3) is 0 Å². The zero-order valence-electron chi connectivity index (χ0n) is 15.0. The van der Waals surface area contributed by atoms with Crippen LogP contribution >= 0.6 is 0 Å². The van der Waals surface area contributed by atoms with Gasteiger partial charge in [-0.25, -0.2) is 4.39 Å². The van der Waals surface area contributed by atoms with E-state index in [0.29, 0.717) is 6.54 Å². The fourth-order valence-corrected chi connectivity index (χ4v) is 3.19. The van der Waals surface area contributed by atoms with Crippen LogP contribution in [0.15, 0.2) is 29.3 Å². The van der Waals surface area contributed by atoms with Crippen LogP contribution in [0.3, 0.4) is 0 Å². The third kappa shape index (κ3) is 6.48. The third-order valence-corrected chi connectivity index (χ3v) is 4.68. The summed E-state index contributed by atoms with van der Waals surface area (Å²) in [5, 5.41) is 6.55. The van der Waals surface area contributed by atoms with E-state index in [1.165, 1.54) is 44.8 Å². The molecule has 0 radical (unpaired) electrons. The summed E-state index contributed by atoms with van der Waals surface area (Å²) < 4.78 is 13.2. The lowest BCUT2D eigenvalue weighted by molar-refractivity contribution is 0.158. The number of rotatable bonds is 7. The zero-order chi connectivity index (χ0) is 17.2. The Kier molecular flexibility index (Phi) is 8.02. The number of nitrogens with one attached hydrogen (secondary N) is 2. The van der Waals surface area contributed by atoms with E-state index in [0.717, 1.165) is 30.5 Å². The first-order valence-corrected chi connectivity index (χ1v) is 9.12. The molecule has 1 aliphatic rings. The molecule has 0 saturated carbocycles. The number of unbranched alkanes of at least 4 members (excludes halogenated alkanes) is 1. The summed E-state index contributed by atoms with van der Waals surface area (Å²) in [5.41, 5.74) is 0.914. The fourth-order valence-electron chi connectivity index (χ4n) is 3.19. The molecule has 1 saturated heterocycles. The SMILES string of the molecule is CN=C(NCCCCN1CCCCC1C)NCc1cccc(F)c1. The van der Waals surface area contributed by atoms with Crippen molar-refractivity contribution in [2.45, 2.75) is 51.6 Å². The van der Waals surface area contributed by atoms with Crippen molar-refractivity contribution >= 4 is 5.96 Å². The Labute approximate surface area is 145 Å². The Balaban J connectivity index is 1.59. The minimum Gasteiger partial charge on any atom is -0.356 e. The van der Waals surface area contributed by atoms with Gasteiger partial charge in [0.05, 0.1) is 0 Å². The number of nitrogens with zero attached hydrogens (tertiary/aromatic N) is 2. The highest BCUT2D eigenvalue weighted by Gasteiger charge is 2.16. The lowest BCUT2D eigenvalue weighted by Crippen LogP contribution is -2.39. The lowest BCUT2D eigenvalue weighted by atomic mass is 10.0. The monoisotopic (exact) mass is 334 g/mol. The molecule has 0 amide bonds. The summed E-state index contributed by atoms with van der Waals surface area (Å²) in [6.45, 7) is 6.27. The molecule has 1 atom stereocenters. The van der Waals surface area contributed by atoms with Gasteiger partial charge in [-0.2, -0.15) is 0 Å². The zero-order valence-corrected chi connectivity index (χ0v) is 15.0. The van der Waals surface area contributed by atoms with E-state index in [1.807, 2.05) is 6.07 Å². The molecular formula is C19H31FN4. The molecule has 1 unspecified atom stereocenters. The maximum absolute atomic E-state index is 13.2. The predicted molar refractivity (Wildman–Crippen MR) is 98.7 cm³/mol. The molecule has 24 heavy (non-hydrogen) atoms. The van der Waals surface area contributed by atoms with Gasteiger partial charge >= 0.3 is 0 Å². The average molecular weight is 334 g/mol. The Morgan fingerprint density at radius 1 is 1.29 bits per heavy atom. The van der Waals surface area contributed by atoms with Gasteiger partial charge in [0.1, 0.15) is 5.82 Å². The van der Waals surface area contributed by atoms with Crippen LogP contribution in [0.2, 0.25) is 0 Å². The van der Waals surface area contributed by atoms with Crippen molar-refractivity contribution in [3.8, 4) is 0 Å². The topological polar surface area (TPSA) is 39.7 Å². The van der Waals surface area contributed by atoms with E-state index in [-0.39, 0.29) is 5.82 Å². The second-order valence-electron chi connectivity index (χ2n) is 6.57. The van der Waals surface area contributed by atoms with Crippen LogP contribution in [-0.2, 0) is 6.54 Å². The van der Waals surface area contributed by atoms with E-state index < -0.39 is 0 Å². The molecular weight excluding hydrogens is 303 g/mol. The second-order valence-corrected chi connectivity index (χ2v) is 6.57. The normalized spacial score (nSPS) is 19.3. The van der Waals surface area contributed by atoms with Crippen LogP contribution < -0.4 is 10.6 Å². The fraction of sp³-hybridized carbons (Fsp3) is 0.632. The van der Waals surface area contributed by atoms with Gasteiger partial charge < -0.3 is 15.5 Å². The van der Waals surface area contributed by atoms with E-state index in [9.17, 15) is 4.39 Å². The molecule has 0 aliphatic carbocycles. The molecule has 1 aromatic rings. The van der Waals surface area contributed by atoms with Crippen LogP contribution in [-0.4, -0.2) is 43.6 Å². The maximum Gasteiger partial charge on any atom is 0.191 e. The Morgan fingerprint density at radius 3 is 2.92 bits per heavy atom. The first kappa shape index (κ1) is 18.7. The number of hydrogen-bond donors (Lipinski definition) is 2.